The van der Waals surface area contributed by atoms with Crippen LogP contribution in [0.2, 0.25) is 0 Å². The first-order valence-electron chi connectivity index (χ1n) is 10.8. The fourth-order valence-corrected chi connectivity index (χ4v) is 5.49. The number of methoxy groups -OCH3 is 1. The first-order valence-corrected chi connectivity index (χ1v) is 11.6. The van der Waals surface area contributed by atoms with Gasteiger partial charge in [-0.15, -0.1) is 0 Å². The first-order chi connectivity index (χ1) is 16.0. The molecule has 7 nitrogen and oxygen atoms in total. The van der Waals surface area contributed by atoms with Crippen molar-refractivity contribution in [3.05, 3.63) is 46.8 Å². The maximum absolute atomic E-state index is 16.0. The lowest BCUT2D eigenvalue weighted by Crippen LogP contribution is -2.51. The zero-order valence-corrected chi connectivity index (χ0v) is 19.4. The number of nitrogens with zero attached hydrogens (tertiary/aromatic N) is 4. The Morgan fingerprint density at radius 3 is 2.58 bits per heavy atom. The topological polar surface area (TPSA) is 83.4 Å². The Kier molecular flexibility index (Phi) is 4.84. The van der Waals surface area contributed by atoms with E-state index in [1.165, 1.54) is 13.2 Å². The van der Waals surface area contributed by atoms with Crippen LogP contribution in [0.4, 0.5) is 10.2 Å². The first kappa shape index (κ1) is 20.6. The molecule has 0 radical (unpaired) electrons. The molecule has 0 spiro atoms. The summed E-state index contributed by atoms with van der Waals surface area (Å²) in [4.78, 5) is 15.6. The fourth-order valence-electron chi connectivity index (χ4n) is 5.03. The van der Waals surface area contributed by atoms with Gasteiger partial charge < -0.3 is 20.1 Å². The van der Waals surface area contributed by atoms with Crippen molar-refractivity contribution >= 4 is 43.4 Å². The van der Waals surface area contributed by atoms with Gasteiger partial charge in [0.05, 0.1) is 17.0 Å². The molecule has 4 heterocycles. The lowest BCUT2D eigenvalue weighted by molar-refractivity contribution is 0.380. The summed E-state index contributed by atoms with van der Waals surface area (Å²) in [6.45, 7) is 1.58. The summed E-state index contributed by atoms with van der Waals surface area (Å²) in [5.74, 6) is 0.0818. The van der Waals surface area contributed by atoms with Crippen LogP contribution in [0.25, 0.3) is 32.9 Å². The summed E-state index contributed by atoms with van der Waals surface area (Å²) in [6.07, 6.45) is 3.87. The monoisotopic (exact) mass is 509 g/mol. The predicted molar refractivity (Wildman–Crippen MR) is 128 cm³/mol. The largest absolute Gasteiger partial charge is 0.507 e. The van der Waals surface area contributed by atoms with Crippen LogP contribution in [0.15, 0.2) is 41.0 Å². The van der Waals surface area contributed by atoms with E-state index in [0.717, 1.165) is 36.7 Å². The van der Waals surface area contributed by atoms with Crippen LogP contribution in [-0.4, -0.2) is 52.3 Å². The Balaban J connectivity index is 1.56. The van der Waals surface area contributed by atoms with Crippen LogP contribution in [0.3, 0.4) is 0 Å². The van der Waals surface area contributed by atoms with E-state index >= 15 is 4.39 Å². The molecule has 2 fully saturated rings. The number of hydrogen-bond acceptors (Lipinski definition) is 7. The van der Waals surface area contributed by atoms with Crippen LogP contribution in [0.5, 0.6) is 11.8 Å². The van der Waals surface area contributed by atoms with Gasteiger partial charge in [-0.3, -0.25) is 4.98 Å². The number of aromatic nitrogens is 3. The lowest BCUT2D eigenvalue weighted by atomic mass is 10.00. The number of pyridine rings is 1. The second-order valence-electron chi connectivity index (χ2n) is 8.56. The second-order valence-corrected chi connectivity index (χ2v) is 9.36. The molecule has 33 heavy (non-hydrogen) atoms. The summed E-state index contributed by atoms with van der Waals surface area (Å²) in [5, 5.41) is 16.1. The molecule has 6 rings (SSSR count). The van der Waals surface area contributed by atoms with Crippen molar-refractivity contribution in [3.8, 4) is 23.0 Å². The van der Waals surface area contributed by atoms with Crippen molar-refractivity contribution in [1.29, 1.82) is 0 Å². The molecule has 168 valence electrons. The molecule has 0 aliphatic carbocycles. The van der Waals surface area contributed by atoms with Gasteiger partial charge in [0.1, 0.15) is 22.8 Å². The number of halogens is 2. The molecular weight excluding hydrogens is 489 g/mol. The van der Waals surface area contributed by atoms with E-state index in [1.807, 2.05) is 24.3 Å². The number of anilines is 1. The van der Waals surface area contributed by atoms with Gasteiger partial charge in [0.25, 0.3) is 0 Å². The summed E-state index contributed by atoms with van der Waals surface area (Å²) < 4.78 is 21.9. The third kappa shape index (κ3) is 3.29. The van der Waals surface area contributed by atoms with Crippen LogP contribution >= 0.6 is 15.9 Å². The Labute approximate surface area is 197 Å². The number of fused-ring (bicyclic) bond motifs is 4. The lowest BCUT2D eigenvalue weighted by Gasteiger charge is -2.34. The summed E-state index contributed by atoms with van der Waals surface area (Å²) in [6, 6.07) is 9.91. The number of ether oxygens (including phenoxy) is 1. The highest BCUT2D eigenvalue weighted by molar-refractivity contribution is 9.10. The number of phenols is 1. The van der Waals surface area contributed by atoms with E-state index in [-0.39, 0.29) is 23.0 Å². The van der Waals surface area contributed by atoms with Crippen molar-refractivity contribution in [1.82, 2.24) is 20.3 Å². The highest BCUT2D eigenvalue weighted by Gasteiger charge is 2.34. The molecule has 9 heteroatoms. The predicted octanol–water partition coefficient (Wildman–Crippen LogP) is 4.40. The number of benzene rings is 2. The van der Waals surface area contributed by atoms with Crippen LogP contribution in [0.1, 0.15) is 12.8 Å². The Bertz CT molecular complexity index is 1400. The average molecular weight is 510 g/mol. The number of aromatic hydroxyl groups is 1. The standard InChI is InChI=1S/C24H21BrFN5O2/c1-33-24-29-22-17(23(30-24)31-10-12-6-7-13(11-31)28-12)9-27-21(20(22)26)16-8-18(32)19(25)15-5-3-2-4-14(15)16/h2-5,8-9,12-13,28,32H,6-7,10-11H2,1H3. The van der Waals surface area contributed by atoms with Crippen molar-refractivity contribution in [2.24, 2.45) is 0 Å². The van der Waals surface area contributed by atoms with Gasteiger partial charge in [-0.05, 0) is 40.2 Å². The van der Waals surface area contributed by atoms with E-state index < -0.39 is 5.82 Å². The molecule has 2 bridgehead atoms. The molecule has 2 N–H and O–H groups in total. The van der Waals surface area contributed by atoms with Crippen LogP contribution in [0, 0.1) is 5.82 Å². The van der Waals surface area contributed by atoms with Gasteiger partial charge in [-0.25, -0.2) is 4.39 Å². The molecule has 2 aromatic carbocycles. The third-order valence-corrected chi connectivity index (χ3v) is 7.39. The second kappa shape index (κ2) is 7.78. The third-order valence-electron chi connectivity index (χ3n) is 6.56. The number of phenolic OH excluding ortho intramolecular Hbond substituents is 1. The molecule has 0 saturated carbocycles. The average Bonchev–Trinajstić information content (AvgIpc) is 3.18. The SMILES string of the molecule is COc1nc(N2CC3CCC(C2)N3)c2cnc(-c3cc(O)c(Br)c4ccccc34)c(F)c2n1. The number of hydrogen-bond donors (Lipinski definition) is 2. The van der Waals surface area contributed by atoms with Gasteiger partial charge in [-0.2, -0.15) is 9.97 Å². The number of piperazine rings is 1. The summed E-state index contributed by atoms with van der Waals surface area (Å²) in [5.41, 5.74) is 0.762. The van der Waals surface area contributed by atoms with E-state index in [4.69, 9.17) is 4.74 Å². The molecule has 2 unspecified atom stereocenters. The quantitative estimate of drug-likeness (QED) is 0.423. The zero-order chi connectivity index (χ0) is 22.7. The maximum atomic E-state index is 16.0. The smallest absolute Gasteiger partial charge is 0.318 e. The zero-order valence-electron chi connectivity index (χ0n) is 17.8. The maximum Gasteiger partial charge on any atom is 0.318 e. The minimum atomic E-state index is -0.570. The Morgan fingerprint density at radius 1 is 1.12 bits per heavy atom. The number of rotatable bonds is 3. The van der Waals surface area contributed by atoms with Crippen molar-refractivity contribution in [3.63, 3.8) is 0 Å². The van der Waals surface area contributed by atoms with Gasteiger partial charge in [0, 0.05) is 42.3 Å². The van der Waals surface area contributed by atoms with Gasteiger partial charge in [0.2, 0.25) is 0 Å². The van der Waals surface area contributed by atoms with Crippen molar-refractivity contribution < 1.29 is 14.2 Å². The molecule has 2 aromatic heterocycles. The molecule has 2 aliphatic heterocycles. The molecule has 0 amide bonds. The van der Waals surface area contributed by atoms with Crippen LogP contribution < -0.4 is 15.0 Å². The molecular formula is C24H21BrFN5O2. The van der Waals surface area contributed by atoms with Gasteiger partial charge >= 0.3 is 6.01 Å². The van der Waals surface area contributed by atoms with Crippen molar-refractivity contribution in [2.75, 3.05) is 25.1 Å². The van der Waals surface area contributed by atoms with E-state index in [9.17, 15) is 5.11 Å². The highest BCUT2D eigenvalue weighted by atomic mass is 79.9. The molecule has 2 atom stereocenters. The van der Waals surface area contributed by atoms with E-state index in [2.05, 4.69) is 41.1 Å². The normalized spacial score (nSPS) is 20.0. The minimum absolute atomic E-state index is 0.0160. The molecule has 2 saturated heterocycles. The summed E-state index contributed by atoms with van der Waals surface area (Å²) in [7, 11) is 1.48. The van der Waals surface area contributed by atoms with Gasteiger partial charge in [-0.1, -0.05) is 24.3 Å². The van der Waals surface area contributed by atoms with E-state index in [1.54, 1.807) is 6.20 Å². The Hall–Kier alpha value is -3.04. The van der Waals surface area contributed by atoms with E-state index in [0.29, 0.717) is 33.3 Å². The number of nitrogens with one attached hydrogen (secondary N) is 1. The summed E-state index contributed by atoms with van der Waals surface area (Å²) >= 11 is 3.42. The minimum Gasteiger partial charge on any atom is -0.507 e. The van der Waals surface area contributed by atoms with Gasteiger partial charge in [0.15, 0.2) is 5.82 Å². The molecule has 4 aromatic rings. The fraction of sp³-hybridized carbons (Fsp3) is 0.292. The van der Waals surface area contributed by atoms with Crippen LogP contribution in [-0.2, 0) is 0 Å². The highest BCUT2D eigenvalue weighted by Crippen LogP contribution is 2.41. The van der Waals surface area contributed by atoms with Crippen molar-refractivity contribution in [2.45, 2.75) is 24.9 Å². The molecule has 2 aliphatic rings. The Morgan fingerprint density at radius 2 is 1.85 bits per heavy atom.